The highest BCUT2D eigenvalue weighted by Crippen LogP contribution is 2.16. The monoisotopic (exact) mass is 344 g/mol. The van der Waals surface area contributed by atoms with Crippen LogP contribution in [-0.2, 0) is 6.54 Å². The first-order valence-corrected chi connectivity index (χ1v) is 7.27. The number of benzene rings is 1. The van der Waals surface area contributed by atoms with Gasteiger partial charge in [-0.2, -0.15) is 0 Å². The van der Waals surface area contributed by atoms with Crippen molar-refractivity contribution in [1.29, 1.82) is 0 Å². The van der Waals surface area contributed by atoms with E-state index in [0.717, 1.165) is 15.7 Å². The SMILES string of the molecule is Cc1ccc(Br)cc1C(=O)NCc1nnc2ccccn12. The lowest BCUT2D eigenvalue weighted by Gasteiger charge is -2.07. The number of carbonyl (C=O) groups is 1. The van der Waals surface area contributed by atoms with Gasteiger partial charge in [0.1, 0.15) is 0 Å². The zero-order valence-corrected chi connectivity index (χ0v) is 13.0. The number of halogens is 1. The maximum atomic E-state index is 12.3. The molecule has 1 aromatic carbocycles. The van der Waals surface area contributed by atoms with E-state index in [9.17, 15) is 4.79 Å². The predicted octanol–water partition coefficient (Wildman–Crippen LogP) is 2.73. The van der Waals surface area contributed by atoms with E-state index >= 15 is 0 Å². The normalized spacial score (nSPS) is 10.8. The lowest BCUT2D eigenvalue weighted by Crippen LogP contribution is -2.24. The van der Waals surface area contributed by atoms with Gasteiger partial charge >= 0.3 is 0 Å². The van der Waals surface area contributed by atoms with Gasteiger partial charge in [-0.05, 0) is 36.8 Å². The molecule has 0 atom stereocenters. The lowest BCUT2D eigenvalue weighted by molar-refractivity contribution is 0.0949. The first-order chi connectivity index (χ1) is 10.1. The molecular weight excluding hydrogens is 332 g/mol. The molecule has 0 bridgehead atoms. The van der Waals surface area contributed by atoms with E-state index in [1.165, 1.54) is 0 Å². The van der Waals surface area contributed by atoms with Crippen molar-refractivity contribution >= 4 is 27.5 Å². The summed E-state index contributed by atoms with van der Waals surface area (Å²) in [7, 11) is 0. The van der Waals surface area contributed by atoms with E-state index in [2.05, 4.69) is 31.4 Å². The van der Waals surface area contributed by atoms with Crippen molar-refractivity contribution < 1.29 is 4.79 Å². The Balaban J connectivity index is 1.78. The Morgan fingerprint density at radius 2 is 2.14 bits per heavy atom. The fourth-order valence-electron chi connectivity index (χ4n) is 2.10. The molecule has 2 aromatic heterocycles. The minimum Gasteiger partial charge on any atom is -0.345 e. The van der Waals surface area contributed by atoms with E-state index in [1.54, 1.807) is 0 Å². The van der Waals surface area contributed by atoms with Gasteiger partial charge in [0.25, 0.3) is 5.91 Å². The molecule has 6 heteroatoms. The second kappa shape index (κ2) is 5.65. The summed E-state index contributed by atoms with van der Waals surface area (Å²) in [6.07, 6.45) is 1.88. The Morgan fingerprint density at radius 3 is 3.00 bits per heavy atom. The number of pyridine rings is 1. The molecule has 1 N–H and O–H groups in total. The van der Waals surface area contributed by atoms with Crippen molar-refractivity contribution in [2.75, 3.05) is 0 Å². The third-order valence-electron chi connectivity index (χ3n) is 3.24. The maximum Gasteiger partial charge on any atom is 0.251 e. The molecule has 0 aliphatic heterocycles. The molecule has 0 saturated carbocycles. The maximum absolute atomic E-state index is 12.3. The lowest BCUT2D eigenvalue weighted by atomic mass is 10.1. The molecule has 1 amide bonds. The summed E-state index contributed by atoms with van der Waals surface area (Å²) < 4.78 is 2.74. The Hall–Kier alpha value is -2.21. The summed E-state index contributed by atoms with van der Waals surface area (Å²) >= 11 is 3.38. The van der Waals surface area contributed by atoms with Crippen LogP contribution in [0.2, 0.25) is 0 Å². The molecule has 2 heterocycles. The van der Waals surface area contributed by atoms with Gasteiger partial charge in [0, 0.05) is 16.2 Å². The zero-order chi connectivity index (χ0) is 14.8. The largest absolute Gasteiger partial charge is 0.345 e. The highest BCUT2D eigenvalue weighted by molar-refractivity contribution is 9.10. The smallest absolute Gasteiger partial charge is 0.251 e. The van der Waals surface area contributed by atoms with Crippen LogP contribution in [0.1, 0.15) is 21.7 Å². The quantitative estimate of drug-likeness (QED) is 0.794. The van der Waals surface area contributed by atoms with Crippen LogP contribution < -0.4 is 5.32 Å². The summed E-state index contributed by atoms with van der Waals surface area (Å²) in [4.78, 5) is 12.3. The third kappa shape index (κ3) is 2.80. The molecule has 106 valence electrons. The zero-order valence-electron chi connectivity index (χ0n) is 11.4. The molecule has 3 aromatic rings. The van der Waals surface area contributed by atoms with Crippen LogP contribution in [0.4, 0.5) is 0 Å². The Kier molecular flexibility index (Phi) is 3.70. The molecule has 0 radical (unpaired) electrons. The van der Waals surface area contributed by atoms with Crippen LogP contribution in [0.3, 0.4) is 0 Å². The van der Waals surface area contributed by atoms with Crippen molar-refractivity contribution in [2.24, 2.45) is 0 Å². The van der Waals surface area contributed by atoms with Gasteiger partial charge in [-0.3, -0.25) is 9.20 Å². The number of hydrogen-bond acceptors (Lipinski definition) is 3. The fraction of sp³-hybridized carbons (Fsp3) is 0.133. The molecule has 21 heavy (non-hydrogen) atoms. The van der Waals surface area contributed by atoms with Gasteiger partial charge in [-0.1, -0.05) is 28.1 Å². The Bertz CT molecular complexity index is 812. The van der Waals surface area contributed by atoms with Crippen LogP contribution in [-0.4, -0.2) is 20.5 Å². The highest BCUT2D eigenvalue weighted by atomic mass is 79.9. The standard InChI is InChI=1S/C15H13BrN4O/c1-10-5-6-11(16)8-12(10)15(21)17-9-14-19-18-13-4-2-3-7-20(13)14/h2-8H,9H2,1H3,(H,17,21). The first-order valence-electron chi connectivity index (χ1n) is 6.48. The van der Waals surface area contributed by atoms with Gasteiger partial charge in [-0.15, -0.1) is 10.2 Å². The van der Waals surface area contributed by atoms with Crippen molar-refractivity contribution in [2.45, 2.75) is 13.5 Å². The fourth-order valence-corrected chi connectivity index (χ4v) is 2.47. The average Bonchev–Trinajstić information content (AvgIpc) is 2.90. The number of aryl methyl sites for hydroxylation is 1. The number of hydrogen-bond donors (Lipinski definition) is 1. The van der Waals surface area contributed by atoms with E-state index in [1.807, 2.05) is 53.9 Å². The molecule has 0 aliphatic carbocycles. The number of fused-ring (bicyclic) bond motifs is 1. The number of rotatable bonds is 3. The summed E-state index contributed by atoms with van der Waals surface area (Å²) in [6, 6.07) is 11.3. The van der Waals surface area contributed by atoms with Gasteiger partial charge in [-0.25, -0.2) is 0 Å². The van der Waals surface area contributed by atoms with Gasteiger partial charge in [0.05, 0.1) is 6.54 Å². The van der Waals surface area contributed by atoms with E-state index in [-0.39, 0.29) is 5.91 Å². The van der Waals surface area contributed by atoms with Gasteiger partial charge in [0.2, 0.25) is 0 Å². The third-order valence-corrected chi connectivity index (χ3v) is 3.73. The van der Waals surface area contributed by atoms with Crippen LogP contribution in [0.5, 0.6) is 0 Å². The van der Waals surface area contributed by atoms with Crippen molar-refractivity contribution in [3.63, 3.8) is 0 Å². The van der Waals surface area contributed by atoms with Gasteiger partial charge < -0.3 is 5.32 Å². The predicted molar refractivity (Wildman–Crippen MR) is 83.0 cm³/mol. The number of aromatic nitrogens is 3. The van der Waals surface area contributed by atoms with Crippen LogP contribution in [0, 0.1) is 6.92 Å². The second-order valence-electron chi connectivity index (χ2n) is 4.69. The molecular formula is C15H13BrN4O. The molecule has 3 rings (SSSR count). The molecule has 5 nitrogen and oxygen atoms in total. The second-order valence-corrected chi connectivity index (χ2v) is 5.60. The van der Waals surface area contributed by atoms with E-state index < -0.39 is 0 Å². The van der Waals surface area contributed by atoms with Crippen molar-refractivity contribution in [1.82, 2.24) is 19.9 Å². The van der Waals surface area contributed by atoms with Crippen molar-refractivity contribution in [3.8, 4) is 0 Å². The summed E-state index contributed by atoms with van der Waals surface area (Å²) in [6.45, 7) is 2.24. The topological polar surface area (TPSA) is 59.3 Å². The minimum absolute atomic E-state index is 0.124. The number of nitrogens with one attached hydrogen (secondary N) is 1. The number of nitrogens with zero attached hydrogens (tertiary/aromatic N) is 3. The van der Waals surface area contributed by atoms with Crippen molar-refractivity contribution in [3.05, 3.63) is 64.0 Å². The highest BCUT2D eigenvalue weighted by Gasteiger charge is 2.11. The first kappa shape index (κ1) is 13.8. The van der Waals surface area contributed by atoms with Crippen LogP contribution >= 0.6 is 15.9 Å². The summed E-state index contributed by atoms with van der Waals surface area (Å²) in [5, 5.41) is 11.0. The number of amides is 1. The molecule has 0 unspecified atom stereocenters. The number of carbonyl (C=O) groups excluding carboxylic acids is 1. The Morgan fingerprint density at radius 1 is 1.29 bits per heavy atom. The van der Waals surface area contributed by atoms with E-state index in [0.29, 0.717) is 17.9 Å². The van der Waals surface area contributed by atoms with Crippen LogP contribution in [0.25, 0.3) is 5.65 Å². The summed E-state index contributed by atoms with van der Waals surface area (Å²) in [5.41, 5.74) is 2.35. The van der Waals surface area contributed by atoms with Crippen LogP contribution in [0.15, 0.2) is 47.1 Å². The molecule has 0 spiro atoms. The molecule has 0 saturated heterocycles. The summed E-state index contributed by atoms with van der Waals surface area (Å²) in [5.74, 6) is 0.577. The average molecular weight is 345 g/mol. The molecule has 0 aliphatic rings. The van der Waals surface area contributed by atoms with E-state index in [4.69, 9.17) is 0 Å². The molecule has 0 fully saturated rings. The Labute approximate surface area is 130 Å². The minimum atomic E-state index is -0.124. The van der Waals surface area contributed by atoms with Gasteiger partial charge in [0.15, 0.2) is 11.5 Å².